The third kappa shape index (κ3) is 5.21. The summed E-state index contributed by atoms with van der Waals surface area (Å²) in [7, 11) is 3.18. The highest BCUT2D eigenvalue weighted by Crippen LogP contribution is 2.30. The van der Waals surface area contributed by atoms with Crippen LogP contribution in [-0.2, 0) is 11.2 Å². The maximum atomic E-state index is 12.9. The summed E-state index contributed by atoms with van der Waals surface area (Å²) < 4.78 is 23.5. The van der Waals surface area contributed by atoms with Crippen molar-refractivity contribution in [1.29, 1.82) is 0 Å². The van der Waals surface area contributed by atoms with Gasteiger partial charge in [-0.2, -0.15) is 0 Å². The summed E-state index contributed by atoms with van der Waals surface area (Å²) in [6.45, 7) is 2.02. The Bertz CT molecular complexity index is 701. The normalized spacial score (nSPS) is 11.7. The van der Waals surface area contributed by atoms with Gasteiger partial charge in [-0.3, -0.25) is 4.79 Å². The first kappa shape index (κ1) is 18.8. The van der Waals surface area contributed by atoms with Crippen molar-refractivity contribution in [3.8, 4) is 11.5 Å². The van der Waals surface area contributed by atoms with Crippen LogP contribution in [0.25, 0.3) is 0 Å². The molecule has 0 heterocycles. The minimum Gasteiger partial charge on any atom is -0.493 e. The molecule has 2 rings (SSSR count). The Morgan fingerprint density at radius 3 is 2.36 bits per heavy atom. The van der Waals surface area contributed by atoms with E-state index in [9.17, 15) is 9.18 Å². The second kappa shape index (κ2) is 9.06. The van der Waals surface area contributed by atoms with E-state index in [1.54, 1.807) is 26.4 Å². The lowest BCUT2D eigenvalue weighted by atomic mass is 10.0. The van der Waals surface area contributed by atoms with Gasteiger partial charge in [-0.05, 0) is 48.2 Å². The third-order valence-electron chi connectivity index (χ3n) is 4.11. The second-order valence-electron chi connectivity index (χ2n) is 5.77. The van der Waals surface area contributed by atoms with Gasteiger partial charge in [-0.1, -0.05) is 25.1 Å². The number of halogens is 1. The Morgan fingerprint density at radius 2 is 1.76 bits per heavy atom. The lowest BCUT2D eigenvalue weighted by Crippen LogP contribution is -2.28. The van der Waals surface area contributed by atoms with E-state index >= 15 is 0 Å². The van der Waals surface area contributed by atoms with E-state index in [0.29, 0.717) is 24.3 Å². The van der Waals surface area contributed by atoms with Crippen molar-refractivity contribution in [3.63, 3.8) is 0 Å². The SMILES string of the molecule is CC[C@H](NC(=O)CCc1ccc(F)cc1)c1ccc(OC)c(OC)c1. The Balaban J connectivity index is 1.98. The molecule has 0 bridgehead atoms. The molecule has 1 atom stereocenters. The topological polar surface area (TPSA) is 47.6 Å². The largest absolute Gasteiger partial charge is 0.493 e. The number of aryl methyl sites for hydroxylation is 1. The predicted octanol–water partition coefficient (Wildman–Crippen LogP) is 4.04. The first-order valence-corrected chi connectivity index (χ1v) is 8.33. The Labute approximate surface area is 148 Å². The number of carbonyl (C=O) groups is 1. The van der Waals surface area contributed by atoms with Crippen molar-refractivity contribution < 1.29 is 18.7 Å². The molecule has 0 aliphatic heterocycles. The summed E-state index contributed by atoms with van der Waals surface area (Å²) in [5, 5.41) is 3.04. The molecule has 2 aromatic carbocycles. The van der Waals surface area contributed by atoms with Crippen LogP contribution < -0.4 is 14.8 Å². The maximum Gasteiger partial charge on any atom is 0.220 e. The van der Waals surface area contributed by atoms with Crippen LogP contribution in [0.5, 0.6) is 11.5 Å². The molecule has 0 spiro atoms. The fourth-order valence-corrected chi connectivity index (χ4v) is 2.67. The van der Waals surface area contributed by atoms with E-state index < -0.39 is 0 Å². The molecular weight excluding hydrogens is 321 g/mol. The van der Waals surface area contributed by atoms with E-state index in [4.69, 9.17) is 9.47 Å². The highest BCUT2D eigenvalue weighted by molar-refractivity contribution is 5.76. The molecule has 1 N–H and O–H groups in total. The molecule has 25 heavy (non-hydrogen) atoms. The van der Waals surface area contributed by atoms with Crippen LogP contribution in [0.3, 0.4) is 0 Å². The third-order valence-corrected chi connectivity index (χ3v) is 4.11. The van der Waals surface area contributed by atoms with Crippen molar-refractivity contribution in [3.05, 3.63) is 59.4 Å². The van der Waals surface area contributed by atoms with Gasteiger partial charge in [-0.25, -0.2) is 4.39 Å². The molecule has 5 heteroatoms. The maximum absolute atomic E-state index is 12.9. The number of hydrogen-bond donors (Lipinski definition) is 1. The molecule has 0 saturated carbocycles. The number of rotatable bonds is 8. The van der Waals surface area contributed by atoms with Gasteiger partial charge in [0.15, 0.2) is 11.5 Å². The molecule has 0 aliphatic carbocycles. The van der Waals surface area contributed by atoms with E-state index in [1.165, 1.54) is 12.1 Å². The smallest absolute Gasteiger partial charge is 0.220 e. The molecule has 134 valence electrons. The Hall–Kier alpha value is -2.56. The zero-order valence-electron chi connectivity index (χ0n) is 14.8. The molecule has 0 aromatic heterocycles. The quantitative estimate of drug-likeness (QED) is 0.785. The zero-order valence-corrected chi connectivity index (χ0v) is 14.8. The number of carbonyl (C=O) groups excluding carboxylic acids is 1. The summed E-state index contributed by atoms with van der Waals surface area (Å²) in [5.74, 6) is 0.987. The highest BCUT2D eigenvalue weighted by Gasteiger charge is 2.15. The first-order valence-electron chi connectivity index (χ1n) is 8.33. The van der Waals surface area contributed by atoms with Gasteiger partial charge in [0.25, 0.3) is 0 Å². The molecule has 0 unspecified atom stereocenters. The van der Waals surface area contributed by atoms with Crippen molar-refractivity contribution in [1.82, 2.24) is 5.32 Å². The number of methoxy groups -OCH3 is 2. The van der Waals surface area contributed by atoms with Crippen molar-refractivity contribution in [2.75, 3.05) is 14.2 Å². The van der Waals surface area contributed by atoms with E-state index in [2.05, 4.69) is 5.32 Å². The summed E-state index contributed by atoms with van der Waals surface area (Å²) >= 11 is 0. The summed E-state index contributed by atoms with van der Waals surface area (Å²) in [4.78, 5) is 12.3. The lowest BCUT2D eigenvalue weighted by Gasteiger charge is -2.19. The molecule has 0 radical (unpaired) electrons. The predicted molar refractivity (Wildman–Crippen MR) is 95.4 cm³/mol. The fraction of sp³-hybridized carbons (Fsp3) is 0.350. The van der Waals surface area contributed by atoms with Gasteiger partial charge in [-0.15, -0.1) is 0 Å². The van der Waals surface area contributed by atoms with E-state index in [0.717, 1.165) is 17.5 Å². The van der Waals surface area contributed by atoms with Crippen LogP contribution >= 0.6 is 0 Å². The molecule has 1 amide bonds. The van der Waals surface area contributed by atoms with E-state index in [-0.39, 0.29) is 17.8 Å². The lowest BCUT2D eigenvalue weighted by molar-refractivity contribution is -0.121. The van der Waals surface area contributed by atoms with Gasteiger partial charge in [0.05, 0.1) is 20.3 Å². The Kier molecular flexibility index (Phi) is 6.81. The van der Waals surface area contributed by atoms with Gasteiger partial charge in [0, 0.05) is 6.42 Å². The monoisotopic (exact) mass is 345 g/mol. The fourth-order valence-electron chi connectivity index (χ4n) is 2.67. The summed E-state index contributed by atoms with van der Waals surface area (Å²) in [6.07, 6.45) is 1.70. The van der Waals surface area contributed by atoms with Crippen molar-refractivity contribution >= 4 is 5.91 Å². The standard InChI is InChI=1S/C20H24FNO3/c1-4-17(15-8-11-18(24-2)19(13-15)25-3)22-20(23)12-7-14-5-9-16(21)10-6-14/h5-6,8-11,13,17H,4,7,12H2,1-3H3,(H,22,23)/t17-/m0/s1. The summed E-state index contributed by atoms with van der Waals surface area (Å²) in [6, 6.07) is 11.8. The van der Waals surface area contributed by atoms with E-state index in [1.807, 2.05) is 25.1 Å². The number of hydrogen-bond acceptors (Lipinski definition) is 3. The number of benzene rings is 2. The van der Waals surface area contributed by atoms with Crippen LogP contribution in [0.1, 0.15) is 36.9 Å². The van der Waals surface area contributed by atoms with Gasteiger partial charge in [0.2, 0.25) is 5.91 Å². The number of ether oxygens (including phenoxy) is 2. The van der Waals surface area contributed by atoms with Crippen molar-refractivity contribution in [2.45, 2.75) is 32.2 Å². The van der Waals surface area contributed by atoms with Crippen molar-refractivity contribution in [2.24, 2.45) is 0 Å². The number of nitrogens with one attached hydrogen (secondary N) is 1. The van der Waals surface area contributed by atoms with Gasteiger partial charge < -0.3 is 14.8 Å². The Morgan fingerprint density at radius 1 is 1.08 bits per heavy atom. The molecule has 4 nitrogen and oxygen atoms in total. The molecular formula is C20H24FNO3. The molecule has 0 saturated heterocycles. The minimum atomic E-state index is -0.271. The zero-order chi connectivity index (χ0) is 18.2. The average molecular weight is 345 g/mol. The second-order valence-corrected chi connectivity index (χ2v) is 5.77. The minimum absolute atomic E-state index is 0.0361. The average Bonchev–Trinajstić information content (AvgIpc) is 2.65. The van der Waals surface area contributed by atoms with Crippen LogP contribution in [0.2, 0.25) is 0 Å². The highest BCUT2D eigenvalue weighted by atomic mass is 19.1. The van der Waals surface area contributed by atoms with Gasteiger partial charge >= 0.3 is 0 Å². The first-order chi connectivity index (χ1) is 12.1. The summed E-state index contributed by atoms with van der Waals surface area (Å²) in [5.41, 5.74) is 1.91. The molecule has 2 aromatic rings. The molecule has 0 fully saturated rings. The number of amides is 1. The van der Waals surface area contributed by atoms with Crippen LogP contribution in [0.4, 0.5) is 4.39 Å². The van der Waals surface area contributed by atoms with Gasteiger partial charge in [0.1, 0.15) is 5.82 Å². The molecule has 0 aliphatic rings. The van der Waals surface area contributed by atoms with Crippen LogP contribution in [-0.4, -0.2) is 20.1 Å². The van der Waals surface area contributed by atoms with Crippen LogP contribution in [0.15, 0.2) is 42.5 Å². The van der Waals surface area contributed by atoms with Crippen LogP contribution in [0, 0.1) is 5.82 Å².